The molecule has 11 heteroatoms. The van der Waals surface area contributed by atoms with Crippen molar-refractivity contribution in [3.05, 3.63) is 29.7 Å². The predicted molar refractivity (Wildman–Crippen MR) is 125 cm³/mol. The third-order valence-corrected chi connectivity index (χ3v) is 7.31. The van der Waals surface area contributed by atoms with Crippen LogP contribution in [0.25, 0.3) is 0 Å². The summed E-state index contributed by atoms with van der Waals surface area (Å²) in [6.45, 7) is 1.19. The van der Waals surface area contributed by atoms with Crippen molar-refractivity contribution in [2.75, 3.05) is 30.8 Å². The lowest BCUT2D eigenvalue weighted by molar-refractivity contribution is -0.137. The Morgan fingerprint density at radius 2 is 2.00 bits per heavy atom. The van der Waals surface area contributed by atoms with Crippen molar-refractivity contribution in [2.24, 2.45) is 5.92 Å². The molecule has 1 N–H and O–H groups in total. The minimum atomic E-state index is -4.48. The second kappa shape index (κ2) is 11.0. The molecule has 1 saturated heterocycles. The van der Waals surface area contributed by atoms with Crippen LogP contribution in [0.15, 0.2) is 23.5 Å². The zero-order valence-corrected chi connectivity index (χ0v) is 20.2. The monoisotopic (exact) mass is 496 g/mol. The van der Waals surface area contributed by atoms with E-state index in [1.54, 1.807) is 16.7 Å². The summed E-state index contributed by atoms with van der Waals surface area (Å²) in [6, 6.07) is 2.79. The van der Waals surface area contributed by atoms with Crippen molar-refractivity contribution >= 4 is 23.5 Å². The van der Waals surface area contributed by atoms with Gasteiger partial charge in [0.25, 0.3) is 0 Å². The molecular formula is C23H31F3N6OS. The molecule has 1 unspecified atom stereocenters. The molecule has 0 aromatic carbocycles. The van der Waals surface area contributed by atoms with Gasteiger partial charge in [-0.1, -0.05) is 24.6 Å². The number of hydrogen-bond acceptors (Lipinski definition) is 6. The van der Waals surface area contributed by atoms with Gasteiger partial charge in [-0.15, -0.1) is 10.2 Å². The van der Waals surface area contributed by atoms with Crippen LogP contribution in [0, 0.1) is 5.92 Å². The molecule has 0 radical (unpaired) electrons. The number of halogens is 3. The molecule has 0 bridgehead atoms. The smallest absolute Gasteiger partial charge is 0.356 e. The third kappa shape index (κ3) is 5.67. The second-order valence-corrected chi connectivity index (χ2v) is 9.74. The number of pyridine rings is 1. The fraction of sp³-hybridized carbons (Fsp3) is 0.652. The van der Waals surface area contributed by atoms with Gasteiger partial charge in [0, 0.05) is 38.3 Å². The summed E-state index contributed by atoms with van der Waals surface area (Å²) in [5.41, 5.74) is -0.757. The topological polar surface area (TPSA) is 75.9 Å². The molecule has 4 rings (SSSR count). The predicted octanol–water partition coefficient (Wildman–Crippen LogP) is 4.49. The van der Waals surface area contributed by atoms with E-state index in [9.17, 15) is 18.0 Å². The van der Waals surface area contributed by atoms with Gasteiger partial charge < -0.3 is 14.8 Å². The number of hydrogen-bond donors (Lipinski definition) is 1. The summed E-state index contributed by atoms with van der Waals surface area (Å²) in [7, 11) is 0. The maximum absolute atomic E-state index is 13.4. The van der Waals surface area contributed by atoms with Crippen LogP contribution in [0.5, 0.6) is 0 Å². The first-order valence-corrected chi connectivity index (χ1v) is 13.1. The highest BCUT2D eigenvalue weighted by atomic mass is 32.2. The highest BCUT2D eigenvalue weighted by molar-refractivity contribution is 7.98. The number of alkyl halides is 3. The molecule has 0 spiro atoms. The SMILES string of the molecule is CSc1nnc(CCCNC(=O)C2CCCN(c3ncccc3C(F)(F)F)C2)n1C1CCCC1. The Morgan fingerprint density at radius 3 is 2.74 bits per heavy atom. The molecule has 7 nitrogen and oxygen atoms in total. The Labute approximate surface area is 201 Å². The molecule has 2 fully saturated rings. The van der Waals surface area contributed by atoms with Gasteiger partial charge in [-0.25, -0.2) is 4.98 Å². The lowest BCUT2D eigenvalue weighted by Crippen LogP contribution is -2.44. The van der Waals surface area contributed by atoms with Gasteiger partial charge in [-0.2, -0.15) is 13.2 Å². The number of thioether (sulfide) groups is 1. The second-order valence-electron chi connectivity index (χ2n) is 8.96. The van der Waals surface area contributed by atoms with Gasteiger partial charge >= 0.3 is 6.18 Å². The number of nitrogens with one attached hydrogen (secondary N) is 1. The largest absolute Gasteiger partial charge is 0.419 e. The normalized spacial score (nSPS) is 19.5. The number of anilines is 1. The highest BCUT2D eigenvalue weighted by Crippen LogP contribution is 2.36. The molecule has 1 aliphatic carbocycles. The summed E-state index contributed by atoms with van der Waals surface area (Å²) in [5.74, 6) is 0.394. The first-order chi connectivity index (χ1) is 16.4. The summed E-state index contributed by atoms with van der Waals surface area (Å²) >= 11 is 1.61. The average Bonchev–Trinajstić information content (AvgIpc) is 3.50. The summed E-state index contributed by atoms with van der Waals surface area (Å²) in [5, 5.41) is 12.6. The van der Waals surface area contributed by atoms with Crippen molar-refractivity contribution in [3.63, 3.8) is 0 Å². The molecule has 2 aromatic rings. The number of aryl methyl sites for hydroxylation is 1. The van der Waals surface area contributed by atoms with Gasteiger partial charge in [0.2, 0.25) is 5.91 Å². The van der Waals surface area contributed by atoms with Crippen LogP contribution < -0.4 is 10.2 Å². The van der Waals surface area contributed by atoms with E-state index >= 15 is 0 Å². The number of piperidine rings is 1. The first-order valence-electron chi connectivity index (χ1n) is 11.9. The Bertz CT molecular complexity index is 976. The van der Waals surface area contributed by atoms with Crippen molar-refractivity contribution in [1.82, 2.24) is 25.1 Å². The Hall–Kier alpha value is -2.30. The number of carbonyl (C=O) groups is 1. The quantitative estimate of drug-likeness (QED) is 0.429. The minimum absolute atomic E-state index is 0.0941. The molecular weight excluding hydrogens is 465 g/mol. The van der Waals surface area contributed by atoms with Crippen LogP contribution >= 0.6 is 11.8 Å². The number of amides is 1. The van der Waals surface area contributed by atoms with Crippen molar-refractivity contribution in [1.29, 1.82) is 0 Å². The molecule has 2 aromatic heterocycles. The maximum Gasteiger partial charge on any atom is 0.419 e. The Balaban J connectivity index is 1.30. The highest BCUT2D eigenvalue weighted by Gasteiger charge is 2.37. The summed E-state index contributed by atoms with van der Waals surface area (Å²) in [4.78, 5) is 18.3. The van der Waals surface area contributed by atoms with Crippen LogP contribution in [-0.2, 0) is 17.4 Å². The van der Waals surface area contributed by atoms with Gasteiger partial charge in [-0.05, 0) is 50.5 Å². The number of rotatable bonds is 8. The fourth-order valence-electron chi connectivity index (χ4n) is 5.00. The van der Waals surface area contributed by atoms with E-state index in [-0.39, 0.29) is 24.2 Å². The zero-order chi connectivity index (χ0) is 24.1. The van der Waals surface area contributed by atoms with Crippen molar-refractivity contribution in [3.8, 4) is 0 Å². The molecule has 2 aliphatic rings. The van der Waals surface area contributed by atoms with Crippen LogP contribution in [-0.4, -0.2) is 51.5 Å². The lowest BCUT2D eigenvalue weighted by Gasteiger charge is -2.34. The van der Waals surface area contributed by atoms with Crippen LogP contribution in [0.4, 0.5) is 19.0 Å². The van der Waals surface area contributed by atoms with Crippen molar-refractivity contribution < 1.29 is 18.0 Å². The number of aromatic nitrogens is 4. The molecule has 1 amide bonds. The first kappa shape index (κ1) is 24.8. The molecule has 186 valence electrons. The van der Waals surface area contributed by atoms with E-state index < -0.39 is 11.7 Å². The summed E-state index contributed by atoms with van der Waals surface area (Å²) < 4.78 is 42.5. The number of nitrogens with zero attached hydrogens (tertiary/aromatic N) is 5. The van der Waals surface area contributed by atoms with E-state index in [1.165, 1.54) is 25.1 Å². The molecule has 3 heterocycles. The maximum atomic E-state index is 13.4. The average molecular weight is 497 g/mol. The minimum Gasteiger partial charge on any atom is -0.356 e. The standard InChI is InChI=1S/C23H31F3N6OS/c1-34-22-30-29-19(32(22)17-8-2-3-9-17)11-5-13-28-21(33)16-7-6-14-31(15-16)20-18(23(24,25)26)10-4-12-27-20/h4,10,12,16-17H,2-3,5-9,11,13-15H2,1H3,(H,28,33). The molecule has 1 aliphatic heterocycles. The number of carbonyl (C=O) groups excluding carboxylic acids is 1. The fourth-order valence-corrected chi connectivity index (χ4v) is 5.58. The third-order valence-electron chi connectivity index (χ3n) is 6.67. The van der Waals surface area contributed by atoms with Crippen molar-refractivity contribution in [2.45, 2.75) is 68.7 Å². The molecule has 34 heavy (non-hydrogen) atoms. The lowest BCUT2D eigenvalue weighted by atomic mass is 9.96. The summed E-state index contributed by atoms with van der Waals surface area (Å²) in [6.07, 6.45) is 6.42. The Morgan fingerprint density at radius 1 is 1.21 bits per heavy atom. The van der Waals surface area contributed by atoms with Gasteiger partial charge in [0.1, 0.15) is 11.6 Å². The molecule has 1 saturated carbocycles. The van der Waals surface area contributed by atoms with Gasteiger partial charge in [0.05, 0.1) is 11.5 Å². The van der Waals surface area contributed by atoms with E-state index in [2.05, 4.69) is 25.1 Å². The van der Waals surface area contributed by atoms with Crippen LogP contribution in [0.1, 0.15) is 62.4 Å². The Kier molecular flexibility index (Phi) is 8.00. The van der Waals surface area contributed by atoms with Crippen LogP contribution in [0.3, 0.4) is 0 Å². The van der Waals surface area contributed by atoms with E-state index in [1.807, 2.05) is 6.26 Å². The van der Waals surface area contributed by atoms with E-state index in [4.69, 9.17) is 0 Å². The van der Waals surface area contributed by atoms with Gasteiger partial charge in [0.15, 0.2) is 5.16 Å². The van der Waals surface area contributed by atoms with E-state index in [0.717, 1.165) is 42.7 Å². The van der Waals surface area contributed by atoms with Gasteiger partial charge in [-0.3, -0.25) is 4.79 Å². The van der Waals surface area contributed by atoms with E-state index in [0.29, 0.717) is 32.0 Å². The molecule has 1 atom stereocenters. The van der Waals surface area contributed by atoms with Crippen LogP contribution in [0.2, 0.25) is 0 Å². The zero-order valence-electron chi connectivity index (χ0n) is 19.4.